The largest absolute Gasteiger partial charge is 0.496 e. The summed E-state index contributed by atoms with van der Waals surface area (Å²) < 4.78 is 44.5. The highest BCUT2D eigenvalue weighted by Gasteiger charge is 2.39. The second kappa shape index (κ2) is 9.79. The van der Waals surface area contributed by atoms with Crippen LogP contribution in [0.4, 0.5) is 15.8 Å². The van der Waals surface area contributed by atoms with Crippen molar-refractivity contribution in [2.24, 2.45) is 0 Å². The lowest BCUT2D eigenvalue weighted by molar-refractivity contribution is -0.121. The predicted octanol–water partition coefficient (Wildman–Crippen LogP) is 5.73. The summed E-state index contributed by atoms with van der Waals surface area (Å²) in [5.41, 5.74) is 3.67. The predicted molar refractivity (Wildman–Crippen MR) is 154 cm³/mol. The Morgan fingerprint density at radius 2 is 1.82 bits per heavy atom. The second-order valence-electron chi connectivity index (χ2n) is 10.6. The van der Waals surface area contributed by atoms with Gasteiger partial charge in [0.25, 0.3) is 5.91 Å². The molecular formula is C30H33FN2O5S. The number of aryl methyl sites for hydroxylation is 1. The molecule has 1 aliphatic carbocycles. The molecule has 0 spiro atoms. The first-order chi connectivity index (χ1) is 18.4. The van der Waals surface area contributed by atoms with Crippen LogP contribution in [0.25, 0.3) is 11.1 Å². The Balaban J connectivity index is 1.61. The fraction of sp³-hybridized carbons (Fsp3) is 0.333. The van der Waals surface area contributed by atoms with Crippen LogP contribution in [-0.2, 0) is 21.2 Å². The first kappa shape index (κ1) is 26.9. The monoisotopic (exact) mass is 552 g/mol. The van der Waals surface area contributed by atoms with Crippen LogP contribution in [-0.4, -0.2) is 40.9 Å². The van der Waals surface area contributed by atoms with E-state index in [0.29, 0.717) is 22.9 Å². The highest BCUT2D eigenvalue weighted by atomic mass is 32.2. The summed E-state index contributed by atoms with van der Waals surface area (Å²) in [6, 6.07) is 13.5. The van der Waals surface area contributed by atoms with Crippen molar-refractivity contribution in [2.45, 2.75) is 51.0 Å². The summed E-state index contributed by atoms with van der Waals surface area (Å²) in [6.45, 7) is 5.58. The molecule has 3 aromatic rings. The Labute approximate surface area is 229 Å². The lowest BCUT2D eigenvalue weighted by Gasteiger charge is -2.39. The van der Waals surface area contributed by atoms with Crippen molar-refractivity contribution in [1.29, 1.82) is 0 Å². The number of nitrogens with one attached hydrogen (secondary N) is 1. The summed E-state index contributed by atoms with van der Waals surface area (Å²) >= 11 is 0. The van der Waals surface area contributed by atoms with Gasteiger partial charge in [0.1, 0.15) is 45.0 Å². The molecule has 1 aliphatic heterocycles. The molecule has 2 aliphatic rings. The van der Waals surface area contributed by atoms with Gasteiger partial charge in [-0.3, -0.25) is 4.79 Å². The van der Waals surface area contributed by atoms with Gasteiger partial charge < -0.3 is 23.9 Å². The molecule has 0 bridgehead atoms. The van der Waals surface area contributed by atoms with Crippen LogP contribution in [0.3, 0.4) is 0 Å². The van der Waals surface area contributed by atoms with Gasteiger partial charge in [0.15, 0.2) is 0 Å². The Hall–Kier alpha value is -3.72. The standard InChI is InChI=1S/C30H33FN2O5S/c1-18-7-8-19(31)15-26(18)37-17-24-22(13-14-25-28(24)33(4)29(34)30(2,3)32-25)23-12-9-20(16-27(23)36-5)38-39(6,35)21-10-11-21/h7-9,12-16,21,32H,6,10-11,17H2,1-5H3. The first-order valence-electron chi connectivity index (χ1n) is 12.8. The topological polar surface area (TPSA) is 77.1 Å². The summed E-state index contributed by atoms with van der Waals surface area (Å²) in [5.74, 6) is 4.62. The molecule has 1 saturated carbocycles. The maximum atomic E-state index is 14.0. The van der Waals surface area contributed by atoms with E-state index in [-0.39, 0.29) is 17.8 Å². The number of benzene rings is 3. The van der Waals surface area contributed by atoms with Crippen molar-refractivity contribution >= 4 is 33.0 Å². The first-order valence-corrected chi connectivity index (χ1v) is 14.5. The molecule has 1 heterocycles. The Morgan fingerprint density at radius 1 is 1.10 bits per heavy atom. The minimum Gasteiger partial charge on any atom is -0.496 e. The van der Waals surface area contributed by atoms with E-state index in [9.17, 15) is 13.4 Å². The van der Waals surface area contributed by atoms with E-state index in [1.807, 2.05) is 39.0 Å². The van der Waals surface area contributed by atoms with Gasteiger partial charge in [-0.2, -0.15) is 0 Å². The van der Waals surface area contributed by atoms with Crippen LogP contribution < -0.4 is 23.9 Å². The molecule has 1 fully saturated rings. The number of hydrogen-bond acceptors (Lipinski definition) is 6. The normalized spacial score (nSPS) is 17.6. The van der Waals surface area contributed by atoms with Crippen LogP contribution in [0.15, 0.2) is 48.5 Å². The van der Waals surface area contributed by atoms with Gasteiger partial charge >= 0.3 is 0 Å². The molecule has 39 heavy (non-hydrogen) atoms. The SMILES string of the molecule is C=S(=O)(Oc1ccc(-c2ccc3c(c2COc2cc(F)ccc2C)N(C)C(=O)C(C)(C)N3)c(OC)c1)C1CC1. The molecule has 1 unspecified atom stereocenters. The number of likely N-dealkylation sites (N-methyl/N-ethyl adjacent to an activating group) is 1. The maximum absolute atomic E-state index is 14.0. The van der Waals surface area contributed by atoms with Crippen molar-refractivity contribution < 1.29 is 27.1 Å². The fourth-order valence-corrected chi connectivity index (χ4v) is 6.33. The number of anilines is 2. The Kier molecular flexibility index (Phi) is 6.74. The zero-order chi connectivity index (χ0) is 28.1. The van der Waals surface area contributed by atoms with Gasteiger partial charge in [-0.15, -0.1) is 0 Å². The van der Waals surface area contributed by atoms with E-state index in [0.717, 1.165) is 40.8 Å². The minimum absolute atomic E-state index is 0.0244. The van der Waals surface area contributed by atoms with E-state index in [1.54, 1.807) is 37.3 Å². The molecule has 206 valence electrons. The van der Waals surface area contributed by atoms with E-state index < -0.39 is 21.2 Å². The smallest absolute Gasteiger partial charge is 0.251 e. The number of fused-ring (bicyclic) bond motifs is 1. The molecule has 0 radical (unpaired) electrons. The van der Waals surface area contributed by atoms with Crippen molar-refractivity contribution in [2.75, 3.05) is 24.4 Å². The highest BCUT2D eigenvalue weighted by Crippen LogP contribution is 2.45. The van der Waals surface area contributed by atoms with Gasteiger partial charge in [0, 0.05) is 30.3 Å². The fourth-order valence-electron chi connectivity index (χ4n) is 4.91. The maximum Gasteiger partial charge on any atom is 0.251 e. The third-order valence-electron chi connectivity index (χ3n) is 7.16. The number of rotatable bonds is 8. The molecule has 5 rings (SSSR count). The number of nitrogens with zero attached hydrogens (tertiary/aromatic N) is 1. The second-order valence-corrected chi connectivity index (χ2v) is 12.8. The van der Waals surface area contributed by atoms with Gasteiger partial charge in [-0.1, -0.05) is 12.1 Å². The number of carbonyl (C=O) groups excluding carboxylic acids is 1. The van der Waals surface area contributed by atoms with Crippen LogP contribution >= 0.6 is 0 Å². The molecule has 1 amide bonds. The Morgan fingerprint density at radius 3 is 2.51 bits per heavy atom. The quantitative estimate of drug-likeness (QED) is 0.360. The number of methoxy groups -OCH3 is 1. The highest BCUT2D eigenvalue weighted by molar-refractivity contribution is 7.97. The summed E-state index contributed by atoms with van der Waals surface area (Å²) in [5, 5.41) is 3.31. The van der Waals surface area contributed by atoms with Crippen LogP contribution in [0.5, 0.6) is 17.2 Å². The van der Waals surface area contributed by atoms with Gasteiger partial charge in [0.2, 0.25) is 0 Å². The minimum atomic E-state index is -2.69. The molecular weight excluding hydrogens is 519 g/mol. The molecule has 9 heteroatoms. The third-order valence-corrected chi connectivity index (χ3v) is 9.12. The molecule has 0 saturated heterocycles. The molecule has 1 N–H and O–H groups in total. The van der Waals surface area contributed by atoms with Crippen molar-refractivity contribution in [3.05, 3.63) is 65.5 Å². The molecule has 0 aromatic heterocycles. The number of amides is 1. The van der Waals surface area contributed by atoms with E-state index in [1.165, 1.54) is 12.1 Å². The average Bonchev–Trinajstić information content (AvgIpc) is 3.74. The number of halogens is 1. The average molecular weight is 553 g/mol. The van der Waals surface area contributed by atoms with E-state index >= 15 is 0 Å². The van der Waals surface area contributed by atoms with Crippen molar-refractivity contribution in [1.82, 2.24) is 0 Å². The van der Waals surface area contributed by atoms with E-state index in [2.05, 4.69) is 11.2 Å². The third kappa shape index (κ3) is 5.15. The van der Waals surface area contributed by atoms with E-state index in [4.69, 9.17) is 13.7 Å². The van der Waals surface area contributed by atoms with Crippen LogP contribution in [0, 0.1) is 12.7 Å². The van der Waals surface area contributed by atoms with Gasteiger partial charge in [0.05, 0.1) is 23.7 Å². The van der Waals surface area contributed by atoms with Crippen LogP contribution in [0.1, 0.15) is 37.8 Å². The number of hydrogen-bond donors (Lipinski definition) is 1. The Bertz CT molecular complexity index is 1560. The number of ether oxygens (including phenoxy) is 2. The molecule has 7 nitrogen and oxygen atoms in total. The van der Waals surface area contributed by atoms with Gasteiger partial charge in [-0.25, -0.2) is 8.60 Å². The summed E-state index contributed by atoms with van der Waals surface area (Å²) in [7, 11) is 0.596. The number of carbonyl (C=O) groups is 1. The van der Waals surface area contributed by atoms with Crippen LogP contribution in [0.2, 0.25) is 0 Å². The van der Waals surface area contributed by atoms with Crippen molar-refractivity contribution in [3.63, 3.8) is 0 Å². The zero-order valence-electron chi connectivity index (χ0n) is 22.8. The summed E-state index contributed by atoms with van der Waals surface area (Å²) in [6.07, 6.45) is 1.69. The zero-order valence-corrected chi connectivity index (χ0v) is 23.6. The van der Waals surface area contributed by atoms with Crippen molar-refractivity contribution in [3.8, 4) is 28.4 Å². The summed E-state index contributed by atoms with van der Waals surface area (Å²) in [4.78, 5) is 14.9. The lowest BCUT2D eigenvalue weighted by Crippen LogP contribution is -2.52. The lowest BCUT2D eigenvalue weighted by atomic mass is 9.91. The molecule has 3 aromatic carbocycles. The molecule has 1 atom stereocenters. The van der Waals surface area contributed by atoms with Gasteiger partial charge in [-0.05, 0) is 74.9 Å².